The van der Waals surface area contributed by atoms with Crippen LogP contribution in [-0.4, -0.2) is 36.7 Å². The van der Waals surface area contributed by atoms with E-state index in [2.05, 4.69) is 42.9 Å². The molecule has 5 N–H and O–H groups in total. The highest BCUT2D eigenvalue weighted by Crippen LogP contribution is 2.23. The van der Waals surface area contributed by atoms with E-state index in [-0.39, 0.29) is 16.9 Å². The van der Waals surface area contributed by atoms with Crippen LogP contribution in [0, 0.1) is 11.8 Å². The van der Waals surface area contributed by atoms with Gasteiger partial charge in [-0.05, 0) is 42.6 Å². The molecule has 0 fully saturated rings. The van der Waals surface area contributed by atoms with Crippen LogP contribution in [0.15, 0.2) is 83.9 Å². The molecule has 1 atom stereocenters. The minimum Gasteiger partial charge on any atom is -0.381 e. The molecule has 0 spiro atoms. The summed E-state index contributed by atoms with van der Waals surface area (Å²) in [6.07, 6.45) is 9.13. The molecule has 11 nitrogen and oxygen atoms in total. The molecule has 1 unspecified atom stereocenters. The average molecular weight is 546 g/mol. The minimum absolute atomic E-state index is 0.0767. The molecule has 11 heteroatoms. The summed E-state index contributed by atoms with van der Waals surface area (Å²) >= 11 is 0. The van der Waals surface area contributed by atoms with Gasteiger partial charge in [-0.3, -0.25) is 14.6 Å². The SMILES string of the molecule is CC(NC(=O)c1c(N)nn2cccnc12)c1cc2cccc(C#Cc3cccnc3)c2c(=O)n1CCC1=CNCN1. The maximum atomic E-state index is 14.1. The van der Waals surface area contributed by atoms with Crippen LogP contribution in [0.25, 0.3) is 16.4 Å². The van der Waals surface area contributed by atoms with Crippen LogP contribution in [0.3, 0.4) is 0 Å². The van der Waals surface area contributed by atoms with E-state index in [9.17, 15) is 9.59 Å². The van der Waals surface area contributed by atoms with Gasteiger partial charge in [-0.25, -0.2) is 9.50 Å². The average Bonchev–Trinajstić information content (AvgIpc) is 3.62. The van der Waals surface area contributed by atoms with Crippen LogP contribution in [-0.2, 0) is 6.54 Å². The van der Waals surface area contributed by atoms with E-state index in [4.69, 9.17) is 5.73 Å². The molecule has 0 radical (unpaired) electrons. The number of fused-ring (bicyclic) bond motifs is 2. The number of carbonyl (C=O) groups is 1. The number of carbonyl (C=O) groups excluding carboxylic acids is 1. The van der Waals surface area contributed by atoms with E-state index in [0.29, 0.717) is 41.9 Å². The molecule has 1 aliphatic heterocycles. The van der Waals surface area contributed by atoms with Crippen molar-refractivity contribution >= 4 is 28.1 Å². The molecule has 0 saturated carbocycles. The fourth-order valence-corrected chi connectivity index (χ4v) is 4.94. The highest BCUT2D eigenvalue weighted by atomic mass is 16.2. The summed E-state index contributed by atoms with van der Waals surface area (Å²) in [5, 5.41) is 14.8. The summed E-state index contributed by atoms with van der Waals surface area (Å²) in [6.45, 7) is 2.88. The second-order valence-electron chi connectivity index (χ2n) is 9.61. The van der Waals surface area contributed by atoms with Gasteiger partial charge in [0.05, 0.1) is 18.1 Å². The molecule has 41 heavy (non-hydrogen) atoms. The van der Waals surface area contributed by atoms with Crippen molar-refractivity contribution < 1.29 is 4.79 Å². The van der Waals surface area contributed by atoms with Gasteiger partial charge in [0.2, 0.25) is 0 Å². The first kappa shape index (κ1) is 25.6. The molecule has 1 aliphatic rings. The quantitative estimate of drug-likeness (QED) is 0.238. The van der Waals surface area contributed by atoms with Gasteiger partial charge in [0.15, 0.2) is 11.5 Å². The van der Waals surface area contributed by atoms with Crippen LogP contribution in [0.4, 0.5) is 5.82 Å². The van der Waals surface area contributed by atoms with Crippen molar-refractivity contribution in [3.8, 4) is 11.8 Å². The number of hydrogen-bond donors (Lipinski definition) is 4. The van der Waals surface area contributed by atoms with Crippen LogP contribution >= 0.6 is 0 Å². The maximum Gasteiger partial charge on any atom is 0.259 e. The Morgan fingerprint density at radius 2 is 2.10 bits per heavy atom. The molecule has 1 amide bonds. The minimum atomic E-state index is -0.536. The van der Waals surface area contributed by atoms with Crippen molar-refractivity contribution in [2.24, 2.45) is 0 Å². The Morgan fingerprint density at radius 1 is 1.20 bits per heavy atom. The van der Waals surface area contributed by atoms with Gasteiger partial charge in [0.1, 0.15) is 5.56 Å². The number of anilines is 1. The third-order valence-corrected chi connectivity index (χ3v) is 6.91. The molecule has 204 valence electrons. The summed E-state index contributed by atoms with van der Waals surface area (Å²) < 4.78 is 3.17. The van der Waals surface area contributed by atoms with E-state index < -0.39 is 11.9 Å². The van der Waals surface area contributed by atoms with Crippen molar-refractivity contribution in [2.75, 3.05) is 12.4 Å². The third-order valence-electron chi connectivity index (χ3n) is 6.91. The first-order valence-corrected chi connectivity index (χ1v) is 13.1. The number of pyridine rings is 2. The second-order valence-corrected chi connectivity index (χ2v) is 9.61. The van der Waals surface area contributed by atoms with E-state index in [1.54, 1.807) is 35.4 Å². The number of hydrogen-bond acceptors (Lipinski definition) is 8. The Bertz CT molecular complexity index is 1930. The maximum absolute atomic E-state index is 14.1. The van der Waals surface area contributed by atoms with Crippen molar-refractivity contribution in [3.05, 3.63) is 112 Å². The van der Waals surface area contributed by atoms with E-state index in [1.807, 2.05) is 49.5 Å². The lowest BCUT2D eigenvalue weighted by Gasteiger charge is -2.21. The Hall–Kier alpha value is -5.63. The predicted octanol–water partition coefficient (Wildman–Crippen LogP) is 2.29. The standard InChI is InChI=1S/C30H27N9O2/c1-19(36-29(40)26-27(31)37-39-13-4-12-34-28(26)39)24-15-22-7-2-6-21(9-8-20-5-3-11-32-16-20)25(22)30(41)38(24)14-10-23-17-33-18-35-23/h2-7,11-13,15-17,19,33,35H,10,14,18H2,1H3,(H2,31,37)(H,36,40). The third kappa shape index (κ3) is 5.06. The number of aromatic nitrogens is 5. The van der Waals surface area contributed by atoms with Gasteiger partial charge in [0.25, 0.3) is 11.5 Å². The topological polar surface area (TPSA) is 144 Å². The monoisotopic (exact) mass is 545 g/mol. The number of amides is 1. The smallest absolute Gasteiger partial charge is 0.259 e. The molecule has 0 saturated heterocycles. The Balaban J connectivity index is 1.41. The molecule has 6 rings (SSSR count). The number of benzene rings is 1. The Morgan fingerprint density at radius 3 is 2.90 bits per heavy atom. The van der Waals surface area contributed by atoms with Gasteiger partial charge in [-0.2, -0.15) is 0 Å². The summed E-state index contributed by atoms with van der Waals surface area (Å²) in [6, 6.07) is 12.4. The summed E-state index contributed by atoms with van der Waals surface area (Å²) in [7, 11) is 0. The van der Waals surface area contributed by atoms with Crippen molar-refractivity contribution in [2.45, 2.75) is 25.9 Å². The first-order chi connectivity index (χ1) is 20.0. The van der Waals surface area contributed by atoms with Gasteiger partial charge in [-0.1, -0.05) is 24.0 Å². The molecule has 1 aromatic carbocycles. The zero-order valence-corrected chi connectivity index (χ0v) is 22.3. The van der Waals surface area contributed by atoms with Crippen LogP contribution in [0.5, 0.6) is 0 Å². The van der Waals surface area contributed by atoms with Gasteiger partial charge in [0, 0.05) is 66.5 Å². The normalized spacial score (nSPS) is 13.1. The summed E-state index contributed by atoms with van der Waals surface area (Å²) in [4.78, 5) is 35.9. The fourth-order valence-electron chi connectivity index (χ4n) is 4.94. The van der Waals surface area contributed by atoms with Gasteiger partial charge >= 0.3 is 0 Å². The Kier molecular flexibility index (Phi) is 6.79. The molecule has 0 aliphatic carbocycles. The van der Waals surface area contributed by atoms with Crippen molar-refractivity contribution in [1.82, 2.24) is 40.1 Å². The second kappa shape index (κ2) is 10.9. The number of nitrogens with zero attached hydrogens (tertiary/aromatic N) is 5. The van der Waals surface area contributed by atoms with Crippen LogP contribution in [0.1, 0.15) is 46.6 Å². The molecule has 0 bridgehead atoms. The number of rotatable bonds is 6. The highest BCUT2D eigenvalue weighted by Gasteiger charge is 2.23. The number of nitrogens with two attached hydrogens (primary N) is 1. The largest absolute Gasteiger partial charge is 0.381 e. The van der Waals surface area contributed by atoms with E-state index in [0.717, 1.165) is 16.6 Å². The molecular formula is C30H27N9O2. The molecule has 4 aromatic heterocycles. The van der Waals surface area contributed by atoms with Crippen LogP contribution in [0.2, 0.25) is 0 Å². The first-order valence-electron chi connectivity index (χ1n) is 13.1. The van der Waals surface area contributed by atoms with Crippen molar-refractivity contribution in [1.29, 1.82) is 0 Å². The van der Waals surface area contributed by atoms with Crippen molar-refractivity contribution in [3.63, 3.8) is 0 Å². The lowest BCUT2D eigenvalue weighted by Crippen LogP contribution is -2.33. The zero-order chi connectivity index (χ0) is 28.3. The highest BCUT2D eigenvalue weighted by molar-refractivity contribution is 6.04. The summed E-state index contributed by atoms with van der Waals surface area (Å²) in [5.74, 6) is 5.91. The van der Waals surface area contributed by atoms with Gasteiger partial charge in [-0.15, -0.1) is 5.10 Å². The van der Waals surface area contributed by atoms with Gasteiger partial charge < -0.3 is 26.3 Å². The molecule has 5 aromatic rings. The van der Waals surface area contributed by atoms with E-state index in [1.165, 1.54) is 4.52 Å². The number of allylic oxidation sites excluding steroid dienone is 1. The molecular weight excluding hydrogens is 518 g/mol. The van der Waals surface area contributed by atoms with E-state index >= 15 is 0 Å². The fraction of sp³-hybridized carbons (Fsp3) is 0.167. The Labute approximate surface area is 235 Å². The summed E-state index contributed by atoms with van der Waals surface area (Å²) in [5.41, 5.74) is 9.47. The lowest BCUT2D eigenvalue weighted by atomic mass is 10.0. The zero-order valence-electron chi connectivity index (χ0n) is 22.3. The predicted molar refractivity (Wildman–Crippen MR) is 156 cm³/mol. The van der Waals surface area contributed by atoms with Crippen LogP contribution < -0.4 is 27.2 Å². The number of nitrogen functional groups attached to an aromatic ring is 1. The lowest BCUT2D eigenvalue weighted by molar-refractivity contribution is 0.0940. The number of nitrogens with one attached hydrogen (secondary N) is 3. The molecule has 5 heterocycles.